The molecule has 0 saturated carbocycles. The third-order valence-corrected chi connectivity index (χ3v) is 5.40. The molecule has 1 unspecified atom stereocenters. The molecule has 1 aliphatic heterocycles. The maximum Gasteiger partial charge on any atom is 0.321 e. The van der Waals surface area contributed by atoms with E-state index < -0.39 is 24.1 Å². The lowest BCUT2D eigenvalue weighted by Crippen LogP contribution is -2.49. The predicted molar refractivity (Wildman–Crippen MR) is 132 cm³/mol. The van der Waals surface area contributed by atoms with Gasteiger partial charge in [-0.05, 0) is 18.2 Å². The monoisotopic (exact) mass is 472 g/mol. The Morgan fingerprint density at radius 1 is 1.03 bits per heavy atom. The van der Waals surface area contributed by atoms with Crippen molar-refractivity contribution in [2.24, 2.45) is 4.99 Å². The van der Waals surface area contributed by atoms with Gasteiger partial charge in [-0.3, -0.25) is 9.59 Å². The average molecular weight is 473 g/mol. The smallest absolute Gasteiger partial charge is 0.321 e. The number of aliphatic imine (C=N–C) groups is 1. The summed E-state index contributed by atoms with van der Waals surface area (Å²) in [4.78, 5) is 43.7. The first-order valence-electron chi connectivity index (χ1n) is 10.9. The van der Waals surface area contributed by atoms with E-state index in [4.69, 9.17) is 4.74 Å². The number of benzene rings is 3. The highest BCUT2D eigenvalue weighted by Gasteiger charge is 2.33. The van der Waals surface area contributed by atoms with E-state index in [1.807, 2.05) is 42.5 Å². The summed E-state index contributed by atoms with van der Waals surface area (Å²) in [5, 5.41) is 14.6. The average Bonchev–Trinajstić information content (AvgIpc) is 2.98. The fourth-order valence-electron chi connectivity index (χ4n) is 3.78. The zero-order chi connectivity index (χ0) is 24.8. The summed E-state index contributed by atoms with van der Waals surface area (Å²) < 4.78 is 5.18. The molecule has 0 spiro atoms. The fraction of sp³-hybridized carbons (Fsp3) is 0.154. The largest absolute Gasteiger partial charge is 0.497 e. The summed E-state index contributed by atoms with van der Waals surface area (Å²) >= 11 is 0. The number of nitrogens with one attached hydrogen (secondary N) is 2. The van der Waals surface area contributed by atoms with Gasteiger partial charge in [0.05, 0.1) is 24.9 Å². The van der Waals surface area contributed by atoms with E-state index in [2.05, 4.69) is 15.6 Å². The maximum atomic E-state index is 13.5. The van der Waals surface area contributed by atoms with Crippen LogP contribution in [-0.4, -0.2) is 48.5 Å². The molecule has 1 atom stereocenters. The summed E-state index contributed by atoms with van der Waals surface area (Å²) in [6.07, 6.45) is -1.54. The van der Waals surface area contributed by atoms with E-state index in [9.17, 15) is 19.5 Å². The molecule has 3 N–H and O–H groups in total. The lowest BCUT2D eigenvalue weighted by atomic mass is 10.0. The van der Waals surface area contributed by atoms with E-state index in [0.29, 0.717) is 28.4 Å². The van der Waals surface area contributed by atoms with Gasteiger partial charge in [-0.25, -0.2) is 9.79 Å². The molecule has 35 heavy (non-hydrogen) atoms. The Bertz CT molecular complexity index is 1280. The number of hydrogen-bond acceptors (Lipinski definition) is 5. The number of carboxylic acids is 1. The van der Waals surface area contributed by atoms with E-state index >= 15 is 0 Å². The second-order valence-corrected chi connectivity index (χ2v) is 7.73. The fourth-order valence-corrected chi connectivity index (χ4v) is 3.78. The van der Waals surface area contributed by atoms with E-state index in [1.165, 1.54) is 12.0 Å². The molecule has 0 fully saturated rings. The summed E-state index contributed by atoms with van der Waals surface area (Å²) in [5.41, 5.74) is 2.93. The minimum Gasteiger partial charge on any atom is -0.497 e. The van der Waals surface area contributed by atoms with Crippen molar-refractivity contribution in [1.29, 1.82) is 0 Å². The van der Waals surface area contributed by atoms with Gasteiger partial charge in [0, 0.05) is 29.4 Å². The lowest BCUT2D eigenvalue weighted by Gasteiger charge is -2.25. The SMILES string of the molecule is COc1cccc(NC(=O)NC2N=C(c3ccccc3)c3ccccc3N(CCC(=O)O)C2=O)c1. The molecule has 178 valence electrons. The molecular weight excluding hydrogens is 448 g/mol. The van der Waals surface area contributed by atoms with Crippen molar-refractivity contribution in [2.75, 3.05) is 23.9 Å². The van der Waals surface area contributed by atoms with Gasteiger partial charge in [-0.2, -0.15) is 0 Å². The second kappa shape index (κ2) is 10.5. The zero-order valence-electron chi connectivity index (χ0n) is 19.0. The number of nitrogens with zero attached hydrogens (tertiary/aromatic N) is 2. The van der Waals surface area contributed by atoms with Crippen LogP contribution in [0.3, 0.4) is 0 Å². The van der Waals surface area contributed by atoms with Crippen molar-refractivity contribution in [3.8, 4) is 5.75 Å². The molecule has 3 aromatic rings. The van der Waals surface area contributed by atoms with Gasteiger partial charge >= 0.3 is 12.0 Å². The molecule has 0 saturated heterocycles. The second-order valence-electron chi connectivity index (χ2n) is 7.73. The third kappa shape index (κ3) is 5.47. The number of para-hydroxylation sites is 1. The molecule has 0 aliphatic carbocycles. The summed E-state index contributed by atoms with van der Waals surface area (Å²) in [5.74, 6) is -1.01. The highest BCUT2D eigenvalue weighted by atomic mass is 16.5. The number of carbonyl (C=O) groups is 3. The number of ether oxygens (including phenoxy) is 1. The molecule has 9 heteroatoms. The predicted octanol–water partition coefficient (Wildman–Crippen LogP) is 3.50. The van der Waals surface area contributed by atoms with E-state index in [1.54, 1.807) is 36.4 Å². The third-order valence-electron chi connectivity index (χ3n) is 5.40. The van der Waals surface area contributed by atoms with Gasteiger partial charge in [0.25, 0.3) is 5.91 Å². The van der Waals surface area contributed by atoms with E-state index in [-0.39, 0.29) is 13.0 Å². The van der Waals surface area contributed by atoms with Crippen LogP contribution < -0.4 is 20.3 Å². The Hall–Kier alpha value is -4.66. The van der Waals surface area contributed by atoms with E-state index in [0.717, 1.165) is 5.56 Å². The van der Waals surface area contributed by atoms with Crippen LogP contribution in [0.15, 0.2) is 83.9 Å². The zero-order valence-corrected chi connectivity index (χ0v) is 19.0. The number of aliphatic carboxylic acids is 1. The van der Waals surface area contributed by atoms with Gasteiger partial charge in [-0.1, -0.05) is 54.6 Å². The molecule has 1 heterocycles. The first-order chi connectivity index (χ1) is 17.0. The Balaban J connectivity index is 1.71. The van der Waals surface area contributed by atoms with Crippen molar-refractivity contribution in [3.05, 3.63) is 90.0 Å². The summed E-state index contributed by atoms with van der Waals surface area (Å²) in [6, 6.07) is 22.6. The molecule has 0 aromatic heterocycles. The van der Waals surface area contributed by atoms with Crippen molar-refractivity contribution >= 4 is 35.0 Å². The van der Waals surface area contributed by atoms with Crippen LogP contribution in [0.5, 0.6) is 5.75 Å². The summed E-state index contributed by atoms with van der Waals surface area (Å²) in [6.45, 7) is -0.0710. The molecule has 0 radical (unpaired) electrons. The van der Waals surface area contributed by atoms with Crippen LogP contribution in [-0.2, 0) is 9.59 Å². The number of methoxy groups -OCH3 is 1. The number of fused-ring (bicyclic) bond motifs is 1. The lowest BCUT2D eigenvalue weighted by molar-refractivity contribution is -0.136. The van der Waals surface area contributed by atoms with Crippen molar-refractivity contribution < 1.29 is 24.2 Å². The minimum absolute atomic E-state index is 0.0710. The first-order valence-corrected chi connectivity index (χ1v) is 10.9. The van der Waals surface area contributed by atoms with Gasteiger partial charge < -0.3 is 25.4 Å². The van der Waals surface area contributed by atoms with Crippen LogP contribution in [0.1, 0.15) is 17.5 Å². The number of hydrogen-bond donors (Lipinski definition) is 3. The number of anilines is 2. The number of amides is 3. The highest BCUT2D eigenvalue weighted by molar-refractivity contribution is 6.20. The number of benzodiazepines with no additional fused rings is 1. The molecule has 0 bridgehead atoms. The molecule has 9 nitrogen and oxygen atoms in total. The number of carboxylic acid groups (broad SMARTS) is 1. The van der Waals surface area contributed by atoms with Crippen LogP contribution in [0.4, 0.5) is 16.2 Å². The molecule has 3 amide bonds. The normalized spacial score (nSPS) is 14.9. The van der Waals surface area contributed by atoms with Crippen molar-refractivity contribution in [1.82, 2.24) is 5.32 Å². The van der Waals surface area contributed by atoms with Crippen LogP contribution in [0.25, 0.3) is 0 Å². The minimum atomic E-state index is -1.28. The van der Waals surface area contributed by atoms with Crippen LogP contribution in [0.2, 0.25) is 0 Å². The number of rotatable bonds is 7. The van der Waals surface area contributed by atoms with Crippen molar-refractivity contribution in [3.63, 3.8) is 0 Å². The van der Waals surface area contributed by atoms with Gasteiger partial charge in [0.1, 0.15) is 5.75 Å². The Kier molecular flexibility index (Phi) is 7.06. The summed E-state index contributed by atoms with van der Waals surface area (Å²) in [7, 11) is 1.52. The molecular formula is C26H24N4O5. The topological polar surface area (TPSA) is 120 Å². The quantitative estimate of drug-likeness (QED) is 0.486. The molecule has 3 aromatic carbocycles. The van der Waals surface area contributed by atoms with Crippen LogP contribution >= 0.6 is 0 Å². The molecule has 4 rings (SSSR count). The Morgan fingerprint density at radius 3 is 2.51 bits per heavy atom. The first kappa shape index (κ1) is 23.5. The van der Waals surface area contributed by atoms with Crippen molar-refractivity contribution in [2.45, 2.75) is 12.6 Å². The van der Waals surface area contributed by atoms with Gasteiger partial charge in [-0.15, -0.1) is 0 Å². The van der Waals surface area contributed by atoms with Gasteiger partial charge in [0.15, 0.2) is 0 Å². The standard InChI is InChI=1S/C26H24N4O5/c1-35-19-11-7-10-18(16-19)27-26(34)29-24-25(33)30(15-14-22(31)32)21-13-6-5-12-20(21)23(28-24)17-8-3-2-4-9-17/h2-13,16,24H,14-15H2,1H3,(H,31,32)(H2,27,29,34). The number of urea groups is 1. The molecule has 1 aliphatic rings. The Labute approximate surface area is 202 Å². The van der Waals surface area contributed by atoms with Crippen LogP contribution in [0, 0.1) is 0 Å². The maximum absolute atomic E-state index is 13.5. The Morgan fingerprint density at radius 2 is 1.77 bits per heavy atom. The number of carbonyl (C=O) groups excluding carboxylic acids is 2. The van der Waals surface area contributed by atoms with Gasteiger partial charge in [0.2, 0.25) is 6.17 Å². The highest BCUT2D eigenvalue weighted by Crippen LogP contribution is 2.28.